The highest BCUT2D eigenvalue weighted by atomic mass is 16.2. The van der Waals surface area contributed by atoms with Crippen LogP contribution in [0.2, 0.25) is 0 Å². The van der Waals surface area contributed by atoms with Crippen molar-refractivity contribution in [3.05, 3.63) is 24.3 Å². The van der Waals surface area contributed by atoms with E-state index >= 15 is 0 Å². The van der Waals surface area contributed by atoms with Crippen LogP contribution in [-0.4, -0.2) is 26.2 Å². The number of nitrogens with zero attached hydrogens (tertiary/aromatic N) is 5. The van der Waals surface area contributed by atoms with Gasteiger partial charge >= 0.3 is 6.03 Å². The molecule has 0 aliphatic rings. The molecule has 0 saturated carbocycles. The summed E-state index contributed by atoms with van der Waals surface area (Å²) >= 11 is 0. The first-order chi connectivity index (χ1) is 8.70. The van der Waals surface area contributed by atoms with Crippen LogP contribution >= 0.6 is 0 Å². The number of amides is 2. The topological polar surface area (TPSA) is 109 Å². The molecule has 8 heteroatoms. The molecule has 2 amide bonds. The minimum absolute atomic E-state index is 0.571. The second-order valence-corrected chi connectivity index (χ2v) is 3.39. The number of aryl methyl sites for hydroxylation is 1. The van der Waals surface area contributed by atoms with Gasteiger partial charge in [-0.05, 0) is 34.7 Å². The van der Waals surface area contributed by atoms with E-state index in [1.54, 1.807) is 36.0 Å². The van der Waals surface area contributed by atoms with Crippen molar-refractivity contribution in [3.8, 4) is 17.6 Å². The molecule has 0 spiro atoms. The number of carbonyl (C=O) groups is 1. The van der Waals surface area contributed by atoms with Crippen molar-refractivity contribution in [2.45, 2.75) is 0 Å². The highest BCUT2D eigenvalue weighted by molar-refractivity contribution is 5.90. The van der Waals surface area contributed by atoms with Crippen molar-refractivity contribution in [3.63, 3.8) is 0 Å². The van der Waals surface area contributed by atoms with Crippen LogP contribution in [0.15, 0.2) is 24.3 Å². The molecule has 0 aliphatic carbocycles. The number of tetrazole rings is 1. The lowest BCUT2D eigenvalue weighted by Crippen LogP contribution is -2.23. The summed E-state index contributed by atoms with van der Waals surface area (Å²) < 4.78 is 1.55. The summed E-state index contributed by atoms with van der Waals surface area (Å²) in [5, 5.41) is 23.9. The first kappa shape index (κ1) is 11.5. The monoisotopic (exact) mass is 243 g/mol. The number of nitrogens with one attached hydrogen (secondary N) is 2. The van der Waals surface area contributed by atoms with Gasteiger partial charge in [0.2, 0.25) is 0 Å². The van der Waals surface area contributed by atoms with Crippen molar-refractivity contribution in [2.75, 3.05) is 5.32 Å². The number of aromatic nitrogens is 4. The number of hydrogen-bond acceptors (Lipinski definition) is 5. The Hall–Kier alpha value is -2.95. The SMILES string of the molecule is Cn1nnnc1-c1ccc(NC(=O)NC#N)cc1. The van der Waals surface area contributed by atoms with Gasteiger partial charge in [-0.3, -0.25) is 0 Å². The van der Waals surface area contributed by atoms with Gasteiger partial charge in [0.25, 0.3) is 0 Å². The predicted octanol–water partition coefficient (Wildman–Crippen LogP) is 0.480. The van der Waals surface area contributed by atoms with Crippen molar-refractivity contribution < 1.29 is 4.79 Å². The summed E-state index contributed by atoms with van der Waals surface area (Å²) in [6.45, 7) is 0. The van der Waals surface area contributed by atoms with Gasteiger partial charge in [0.15, 0.2) is 12.0 Å². The Balaban J connectivity index is 2.14. The first-order valence-corrected chi connectivity index (χ1v) is 4.99. The van der Waals surface area contributed by atoms with Crippen LogP contribution in [0.5, 0.6) is 0 Å². The first-order valence-electron chi connectivity index (χ1n) is 4.99. The fraction of sp³-hybridized carbons (Fsp3) is 0.100. The van der Waals surface area contributed by atoms with Crippen LogP contribution in [-0.2, 0) is 7.05 Å². The molecule has 0 atom stereocenters. The highest BCUT2D eigenvalue weighted by Gasteiger charge is 2.06. The maximum absolute atomic E-state index is 11.1. The van der Waals surface area contributed by atoms with Gasteiger partial charge in [-0.25, -0.2) is 14.8 Å². The average molecular weight is 243 g/mol. The molecule has 18 heavy (non-hydrogen) atoms. The van der Waals surface area contributed by atoms with E-state index in [1.807, 2.05) is 5.32 Å². The van der Waals surface area contributed by atoms with Crippen LogP contribution in [0.3, 0.4) is 0 Å². The standard InChI is InChI=1S/C10H9N7O/c1-17-9(14-15-16-17)7-2-4-8(5-3-7)13-10(18)12-6-11/h2-5H,1H3,(H2,12,13,18). The third-order valence-corrected chi connectivity index (χ3v) is 2.19. The van der Waals surface area contributed by atoms with Crippen LogP contribution < -0.4 is 10.6 Å². The number of carbonyl (C=O) groups excluding carboxylic acids is 1. The molecule has 0 radical (unpaired) electrons. The molecule has 0 saturated heterocycles. The molecular weight excluding hydrogens is 234 g/mol. The molecule has 1 heterocycles. The van der Waals surface area contributed by atoms with Gasteiger partial charge < -0.3 is 5.32 Å². The van der Waals surface area contributed by atoms with Crippen LogP contribution in [0.4, 0.5) is 10.5 Å². The Labute approximate surface area is 102 Å². The van der Waals surface area contributed by atoms with Crippen LogP contribution in [0.1, 0.15) is 0 Å². The Kier molecular flexibility index (Phi) is 3.15. The molecular formula is C10H9N7O. The Morgan fingerprint density at radius 2 is 2.11 bits per heavy atom. The van der Waals surface area contributed by atoms with Crippen molar-refractivity contribution in [1.82, 2.24) is 25.5 Å². The molecule has 2 N–H and O–H groups in total. The molecule has 1 aromatic heterocycles. The number of benzene rings is 1. The quantitative estimate of drug-likeness (QED) is 0.589. The maximum Gasteiger partial charge on any atom is 0.332 e. The van der Waals surface area contributed by atoms with E-state index < -0.39 is 6.03 Å². The van der Waals surface area contributed by atoms with E-state index in [2.05, 4.69) is 20.8 Å². The zero-order valence-electron chi connectivity index (χ0n) is 9.45. The molecule has 0 fully saturated rings. The molecule has 0 bridgehead atoms. The van der Waals surface area contributed by atoms with Gasteiger partial charge in [0.1, 0.15) is 0 Å². The molecule has 90 valence electrons. The lowest BCUT2D eigenvalue weighted by molar-refractivity contribution is 0.255. The third kappa shape index (κ3) is 2.41. The molecule has 0 unspecified atom stereocenters. The lowest BCUT2D eigenvalue weighted by Gasteiger charge is -2.04. The second-order valence-electron chi connectivity index (χ2n) is 3.39. The fourth-order valence-electron chi connectivity index (χ4n) is 1.39. The summed E-state index contributed by atoms with van der Waals surface area (Å²) in [5.74, 6) is 0.628. The molecule has 2 rings (SSSR count). The molecule has 2 aromatic rings. The smallest absolute Gasteiger partial charge is 0.307 e. The lowest BCUT2D eigenvalue weighted by atomic mass is 10.2. The van der Waals surface area contributed by atoms with Gasteiger partial charge in [-0.2, -0.15) is 5.26 Å². The van der Waals surface area contributed by atoms with Crippen LogP contribution in [0.25, 0.3) is 11.4 Å². The Morgan fingerprint density at radius 1 is 1.39 bits per heavy atom. The summed E-state index contributed by atoms with van der Waals surface area (Å²) in [6, 6.07) is 6.36. The van der Waals surface area contributed by atoms with Crippen LogP contribution in [0, 0.1) is 11.5 Å². The van der Waals surface area contributed by atoms with Crippen molar-refractivity contribution in [1.29, 1.82) is 5.26 Å². The molecule has 0 aliphatic heterocycles. The van der Waals surface area contributed by atoms with Crippen molar-refractivity contribution in [2.24, 2.45) is 7.05 Å². The number of hydrogen-bond donors (Lipinski definition) is 2. The average Bonchev–Trinajstić information content (AvgIpc) is 2.77. The fourth-order valence-corrected chi connectivity index (χ4v) is 1.39. The maximum atomic E-state index is 11.1. The van der Waals surface area contributed by atoms with Crippen molar-refractivity contribution >= 4 is 11.7 Å². The largest absolute Gasteiger partial charge is 0.332 e. The third-order valence-electron chi connectivity index (χ3n) is 2.19. The number of rotatable bonds is 2. The van der Waals surface area contributed by atoms with Gasteiger partial charge in [-0.15, -0.1) is 5.10 Å². The number of nitriles is 1. The van der Waals surface area contributed by atoms with Gasteiger partial charge in [0, 0.05) is 18.3 Å². The van der Waals surface area contributed by atoms with E-state index in [4.69, 9.17) is 5.26 Å². The summed E-state index contributed by atoms with van der Waals surface area (Å²) in [5.41, 5.74) is 1.40. The minimum Gasteiger partial charge on any atom is -0.307 e. The zero-order chi connectivity index (χ0) is 13.0. The van der Waals surface area contributed by atoms with E-state index in [-0.39, 0.29) is 0 Å². The summed E-state index contributed by atoms with van der Waals surface area (Å²) in [7, 11) is 1.74. The molecule has 8 nitrogen and oxygen atoms in total. The number of anilines is 1. The predicted molar refractivity (Wildman–Crippen MR) is 62.0 cm³/mol. The van der Waals surface area contributed by atoms with E-state index in [0.29, 0.717) is 11.5 Å². The van der Waals surface area contributed by atoms with E-state index in [9.17, 15) is 4.79 Å². The highest BCUT2D eigenvalue weighted by Crippen LogP contribution is 2.17. The molecule has 1 aromatic carbocycles. The zero-order valence-corrected chi connectivity index (χ0v) is 9.45. The minimum atomic E-state index is -0.578. The van der Waals surface area contributed by atoms with E-state index in [0.717, 1.165) is 5.56 Å². The second kappa shape index (κ2) is 4.92. The van der Waals surface area contributed by atoms with E-state index in [1.165, 1.54) is 6.19 Å². The Bertz CT molecular complexity index is 595. The Morgan fingerprint density at radius 3 is 2.67 bits per heavy atom. The van der Waals surface area contributed by atoms with Gasteiger partial charge in [0.05, 0.1) is 0 Å². The normalized spacial score (nSPS) is 9.56. The van der Waals surface area contributed by atoms with Gasteiger partial charge in [-0.1, -0.05) is 0 Å². The number of urea groups is 1. The summed E-state index contributed by atoms with van der Waals surface area (Å²) in [6.07, 6.45) is 1.54. The summed E-state index contributed by atoms with van der Waals surface area (Å²) in [4.78, 5) is 11.1.